The minimum atomic E-state index is -1.10. The van der Waals surface area contributed by atoms with Crippen LogP contribution in [0.2, 0.25) is 0 Å². The van der Waals surface area contributed by atoms with Crippen LogP contribution in [-0.2, 0) is 4.79 Å². The van der Waals surface area contributed by atoms with Crippen molar-refractivity contribution in [1.29, 1.82) is 0 Å². The van der Waals surface area contributed by atoms with Gasteiger partial charge in [-0.1, -0.05) is 0 Å². The van der Waals surface area contributed by atoms with Crippen molar-refractivity contribution in [3.05, 3.63) is 0 Å². The summed E-state index contributed by atoms with van der Waals surface area (Å²) in [5.41, 5.74) is 4.44. The molecule has 3 heteroatoms. The zero-order chi connectivity index (χ0) is 7.78. The van der Waals surface area contributed by atoms with E-state index in [0.717, 1.165) is 6.42 Å². The van der Waals surface area contributed by atoms with Crippen molar-refractivity contribution in [2.24, 2.45) is 5.73 Å². The Bertz CT molecular complexity index is 158. The van der Waals surface area contributed by atoms with Crippen LogP contribution in [0, 0.1) is 0 Å². The lowest BCUT2D eigenvalue weighted by atomic mass is 9.98. The van der Waals surface area contributed by atoms with Gasteiger partial charge in [0.25, 0.3) is 0 Å². The van der Waals surface area contributed by atoms with Crippen LogP contribution in [0.15, 0.2) is 0 Å². The Morgan fingerprint density at radius 2 is 2.40 bits per heavy atom. The molecule has 0 aromatic rings. The molecule has 1 rings (SSSR count). The Labute approximate surface area is 60.2 Å². The van der Waals surface area contributed by atoms with E-state index in [9.17, 15) is 9.90 Å². The van der Waals surface area contributed by atoms with Gasteiger partial charge in [-0.25, -0.2) is 0 Å². The Morgan fingerprint density at radius 1 is 1.80 bits per heavy atom. The van der Waals surface area contributed by atoms with Gasteiger partial charge in [-0.3, -0.25) is 4.79 Å². The van der Waals surface area contributed by atoms with Gasteiger partial charge < -0.3 is 10.8 Å². The van der Waals surface area contributed by atoms with Crippen LogP contribution in [-0.4, -0.2) is 22.5 Å². The molecule has 2 unspecified atom stereocenters. The highest BCUT2D eigenvalue weighted by atomic mass is 16.3. The summed E-state index contributed by atoms with van der Waals surface area (Å²) in [5.74, 6) is -0.152. The monoisotopic (exact) mass is 143 g/mol. The predicted octanol–water partition coefficient (Wildman–Crippen LogP) is -0.182. The van der Waals surface area contributed by atoms with Crippen molar-refractivity contribution >= 4 is 5.78 Å². The summed E-state index contributed by atoms with van der Waals surface area (Å²) in [4.78, 5) is 10.8. The van der Waals surface area contributed by atoms with Gasteiger partial charge in [-0.15, -0.1) is 0 Å². The number of hydrogen-bond donors (Lipinski definition) is 2. The largest absolute Gasteiger partial charge is 0.382 e. The molecule has 3 nitrogen and oxygen atoms in total. The van der Waals surface area contributed by atoms with Crippen LogP contribution >= 0.6 is 0 Å². The van der Waals surface area contributed by atoms with Crippen molar-refractivity contribution in [2.45, 2.75) is 37.8 Å². The number of nitrogens with two attached hydrogens (primary N) is 1. The summed E-state index contributed by atoms with van der Waals surface area (Å²) in [7, 11) is 0. The van der Waals surface area contributed by atoms with Crippen LogP contribution in [0.25, 0.3) is 0 Å². The number of hydrogen-bond acceptors (Lipinski definition) is 3. The SMILES string of the molecule is CC(=O)C1(O)CCC(N)C1. The minimum Gasteiger partial charge on any atom is -0.382 e. The molecular weight excluding hydrogens is 130 g/mol. The van der Waals surface area contributed by atoms with Crippen molar-refractivity contribution in [3.8, 4) is 0 Å². The van der Waals surface area contributed by atoms with Gasteiger partial charge in [0, 0.05) is 6.04 Å². The third-order valence-corrected chi connectivity index (χ3v) is 2.18. The maximum absolute atomic E-state index is 10.8. The number of ketones is 1. The summed E-state index contributed by atoms with van der Waals surface area (Å²) in [6.07, 6.45) is 1.72. The van der Waals surface area contributed by atoms with Crippen LogP contribution in [0.4, 0.5) is 0 Å². The molecule has 1 fully saturated rings. The van der Waals surface area contributed by atoms with E-state index in [-0.39, 0.29) is 11.8 Å². The first-order chi connectivity index (χ1) is 4.54. The van der Waals surface area contributed by atoms with Crippen molar-refractivity contribution in [3.63, 3.8) is 0 Å². The zero-order valence-electron chi connectivity index (χ0n) is 6.13. The molecule has 1 saturated carbocycles. The number of carbonyl (C=O) groups is 1. The van der Waals surface area contributed by atoms with Crippen molar-refractivity contribution < 1.29 is 9.90 Å². The van der Waals surface area contributed by atoms with Crippen LogP contribution in [0.5, 0.6) is 0 Å². The maximum Gasteiger partial charge on any atom is 0.161 e. The van der Waals surface area contributed by atoms with E-state index in [4.69, 9.17) is 5.73 Å². The number of aliphatic hydroxyl groups is 1. The summed E-state index contributed by atoms with van der Waals surface area (Å²) >= 11 is 0. The first kappa shape index (κ1) is 7.69. The summed E-state index contributed by atoms with van der Waals surface area (Å²) in [6.45, 7) is 1.41. The number of Topliss-reactive ketones (excluding diaryl/α,β-unsaturated/α-hetero) is 1. The Balaban J connectivity index is 2.63. The second-order valence-electron chi connectivity index (χ2n) is 3.09. The molecule has 0 spiro atoms. The molecule has 10 heavy (non-hydrogen) atoms. The van der Waals surface area contributed by atoms with E-state index in [1.54, 1.807) is 0 Å². The predicted molar refractivity (Wildman–Crippen MR) is 37.5 cm³/mol. The number of carbonyl (C=O) groups excluding carboxylic acids is 1. The standard InChI is InChI=1S/C7H13NO2/c1-5(9)7(10)3-2-6(8)4-7/h6,10H,2-4,8H2,1H3. The van der Waals surface area contributed by atoms with Gasteiger partial charge in [0.1, 0.15) is 5.60 Å². The maximum atomic E-state index is 10.8. The molecule has 0 aliphatic heterocycles. The molecule has 0 radical (unpaired) electrons. The van der Waals surface area contributed by atoms with Crippen LogP contribution in [0.1, 0.15) is 26.2 Å². The third kappa shape index (κ3) is 1.20. The summed E-state index contributed by atoms with van der Waals surface area (Å²) in [6, 6.07) is 0.00824. The summed E-state index contributed by atoms with van der Waals surface area (Å²) < 4.78 is 0. The molecule has 2 atom stereocenters. The molecule has 0 bridgehead atoms. The van der Waals surface area contributed by atoms with Gasteiger partial charge >= 0.3 is 0 Å². The van der Waals surface area contributed by atoms with Gasteiger partial charge in [0.15, 0.2) is 5.78 Å². The van der Waals surface area contributed by atoms with Gasteiger partial charge in [-0.05, 0) is 26.2 Å². The molecule has 58 valence electrons. The third-order valence-electron chi connectivity index (χ3n) is 2.18. The first-order valence-electron chi connectivity index (χ1n) is 3.53. The second kappa shape index (κ2) is 2.32. The van der Waals surface area contributed by atoms with E-state index < -0.39 is 5.60 Å². The van der Waals surface area contributed by atoms with E-state index in [0.29, 0.717) is 12.8 Å². The van der Waals surface area contributed by atoms with Crippen LogP contribution in [0.3, 0.4) is 0 Å². The molecule has 0 saturated heterocycles. The lowest BCUT2D eigenvalue weighted by Gasteiger charge is -2.17. The van der Waals surface area contributed by atoms with Crippen LogP contribution < -0.4 is 5.73 Å². The molecular formula is C7H13NO2. The molecule has 1 aliphatic rings. The van der Waals surface area contributed by atoms with E-state index in [2.05, 4.69) is 0 Å². The highest BCUT2D eigenvalue weighted by molar-refractivity contribution is 5.85. The van der Waals surface area contributed by atoms with Crippen molar-refractivity contribution in [2.75, 3.05) is 0 Å². The highest BCUT2D eigenvalue weighted by Gasteiger charge is 2.39. The van der Waals surface area contributed by atoms with E-state index >= 15 is 0 Å². The molecule has 0 aromatic heterocycles. The minimum absolute atomic E-state index is 0.00824. The van der Waals surface area contributed by atoms with Gasteiger partial charge in [0.2, 0.25) is 0 Å². The summed E-state index contributed by atoms with van der Waals surface area (Å²) in [5, 5.41) is 9.51. The Morgan fingerprint density at radius 3 is 2.60 bits per heavy atom. The molecule has 0 amide bonds. The average Bonchev–Trinajstić information content (AvgIpc) is 2.13. The highest BCUT2D eigenvalue weighted by Crippen LogP contribution is 2.29. The lowest BCUT2D eigenvalue weighted by Crippen LogP contribution is -2.35. The lowest BCUT2D eigenvalue weighted by molar-refractivity contribution is -0.134. The molecule has 3 N–H and O–H groups in total. The fourth-order valence-corrected chi connectivity index (χ4v) is 1.38. The fourth-order valence-electron chi connectivity index (χ4n) is 1.38. The van der Waals surface area contributed by atoms with Gasteiger partial charge in [0.05, 0.1) is 0 Å². The topological polar surface area (TPSA) is 63.3 Å². The van der Waals surface area contributed by atoms with Gasteiger partial charge in [-0.2, -0.15) is 0 Å². The second-order valence-corrected chi connectivity index (χ2v) is 3.09. The zero-order valence-corrected chi connectivity index (χ0v) is 6.13. The average molecular weight is 143 g/mol. The molecule has 0 aromatic carbocycles. The fraction of sp³-hybridized carbons (Fsp3) is 0.857. The van der Waals surface area contributed by atoms with E-state index in [1.807, 2.05) is 0 Å². The Hall–Kier alpha value is -0.410. The molecule has 1 aliphatic carbocycles. The van der Waals surface area contributed by atoms with E-state index in [1.165, 1.54) is 6.92 Å². The quantitative estimate of drug-likeness (QED) is 0.535. The first-order valence-corrected chi connectivity index (χ1v) is 3.53. The number of rotatable bonds is 1. The smallest absolute Gasteiger partial charge is 0.161 e. The van der Waals surface area contributed by atoms with Crippen molar-refractivity contribution in [1.82, 2.24) is 0 Å². The molecule has 0 heterocycles. The normalized spacial score (nSPS) is 40.1. The Kier molecular flexibility index (Phi) is 1.79.